The van der Waals surface area contributed by atoms with Crippen LogP contribution in [0.2, 0.25) is 0 Å². The zero-order chi connectivity index (χ0) is 25.6. The number of aryl methyl sites for hydroxylation is 2. The maximum Gasteiger partial charge on any atom is 0.322 e. The minimum absolute atomic E-state index is 0.00180. The molecule has 2 saturated heterocycles. The molecule has 2 atom stereocenters. The summed E-state index contributed by atoms with van der Waals surface area (Å²) in [6, 6.07) is 11.0. The Morgan fingerprint density at radius 1 is 1.06 bits per heavy atom. The monoisotopic (exact) mass is 489 g/mol. The zero-order valence-corrected chi connectivity index (χ0v) is 22.5. The third-order valence-corrected chi connectivity index (χ3v) is 7.99. The molecule has 2 fully saturated rings. The zero-order valence-electron chi connectivity index (χ0n) is 22.5. The van der Waals surface area contributed by atoms with E-state index < -0.39 is 0 Å². The molecule has 192 valence electrons. The van der Waals surface area contributed by atoms with Gasteiger partial charge >= 0.3 is 6.03 Å². The molecule has 36 heavy (non-hydrogen) atoms. The van der Waals surface area contributed by atoms with Gasteiger partial charge < -0.3 is 14.8 Å². The lowest BCUT2D eigenvalue weighted by molar-refractivity contribution is 0.137. The highest BCUT2D eigenvalue weighted by Gasteiger charge is 2.40. The van der Waals surface area contributed by atoms with E-state index in [9.17, 15) is 4.79 Å². The first-order chi connectivity index (χ1) is 17.2. The van der Waals surface area contributed by atoms with Crippen molar-refractivity contribution >= 4 is 6.03 Å². The Morgan fingerprint density at radius 3 is 2.50 bits per heavy atom. The molecule has 2 aromatic carbocycles. The van der Waals surface area contributed by atoms with Crippen LogP contribution in [0, 0.1) is 19.8 Å². The van der Waals surface area contributed by atoms with E-state index in [0.29, 0.717) is 12.5 Å². The Kier molecular flexibility index (Phi) is 6.50. The van der Waals surface area contributed by atoms with Gasteiger partial charge in [-0.15, -0.1) is 0 Å². The van der Waals surface area contributed by atoms with Gasteiger partial charge in [0.2, 0.25) is 0 Å². The Hall–Kier alpha value is -2.99. The van der Waals surface area contributed by atoms with Gasteiger partial charge in [0.15, 0.2) is 0 Å². The van der Waals surface area contributed by atoms with Gasteiger partial charge in [-0.05, 0) is 49.8 Å². The highest BCUT2D eigenvalue weighted by atomic mass is 16.5. The van der Waals surface area contributed by atoms with Gasteiger partial charge in [-0.25, -0.2) is 4.79 Å². The number of ether oxygens (including phenoxy) is 2. The first kappa shape index (κ1) is 24.7. The molecule has 0 bridgehead atoms. The summed E-state index contributed by atoms with van der Waals surface area (Å²) in [6.07, 6.45) is 4.15. The van der Waals surface area contributed by atoms with Crippen molar-refractivity contribution in [3.63, 3.8) is 0 Å². The summed E-state index contributed by atoms with van der Waals surface area (Å²) in [4.78, 5) is 18.0. The van der Waals surface area contributed by atoms with Crippen molar-refractivity contribution in [2.45, 2.75) is 65.1 Å². The fourth-order valence-electron chi connectivity index (χ4n) is 6.56. The molecule has 2 unspecified atom stereocenters. The molecule has 3 aliphatic heterocycles. The van der Waals surface area contributed by atoms with Crippen molar-refractivity contribution in [1.82, 2.24) is 15.1 Å². The lowest BCUT2D eigenvalue weighted by Gasteiger charge is -2.37. The van der Waals surface area contributed by atoms with Crippen molar-refractivity contribution in [2.24, 2.45) is 5.92 Å². The van der Waals surface area contributed by atoms with E-state index in [1.807, 2.05) is 17.0 Å². The van der Waals surface area contributed by atoms with Crippen LogP contribution in [-0.2, 0) is 18.5 Å². The minimum Gasteiger partial charge on any atom is -0.497 e. The van der Waals surface area contributed by atoms with Crippen LogP contribution in [0.3, 0.4) is 0 Å². The normalized spacial score (nSPS) is 23.3. The van der Waals surface area contributed by atoms with Gasteiger partial charge in [0, 0.05) is 48.4 Å². The Bertz CT molecular complexity index is 1180. The molecule has 5 rings (SSSR count). The Balaban J connectivity index is 1.44. The second-order valence-corrected chi connectivity index (χ2v) is 11.3. The number of allylic oxidation sites excluding steroid dienone is 2. The summed E-state index contributed by atoms with van der Waals surface area (Å²) in [5.74, 6) is 1.92. The largest absolute Gasteiger partial charge is 0.497 e. The summed E-state index contributed by atoms with van der Waals surface area (Å²) in [5.41, 5.74) is 7.01. The predicted octanol–water partition coefficient (Wildman–Crippen LogP) is 5.30. The molecular weight excluding hydrogens is 450 g/mol. The molecule has 0 spiro atoms. The molecule has 1 N–H and O–H groups in total. The molecule has 2 amide bonds. The van der Waals surface area contributed by atoms with Crippen LogP contribution in [0.4, 0.5) is 4.79 Å². The number of rotatable bonds is 4. The fraction of sp³-hybridized carbons (Fsp3) is 0.500. The molecule has 3 aliphatic rings. The van der Waals surface area contributed by atoms with E-state index in [-0.39, 0.29) is 17.5 Å². The van der Waals surface area contributed by atoms with Crippen LogP contribution in [0.15, 0.2) is 42.1 Å². The van der Waals surface area contributed by atoms with Crippen molar-refractivity contribution in [1.29, 1.82) is 0 Å². The van der Waals surface area contributed by atoms with Crippen molar-refractivity contribution in [2.75, 3.05) is 27.3 Å². The minimum atomic E-state index is -0.287. The molecule has 0 radical (unpaired) electrons. The molecule has 3 heterocycles. The van der Waals surface area contributed by atoms with Crippen molar-refractivity contribution in [3.8, 4) is 11.5 Å². The SMILES string of the molecule is COc1cc2c(c(OC)c1)C(C)(C)C=C1CC3CN(Cc4cc(C)cc(C)c4)CCC3NC(=O)N1C2. The fourth-order valence-corrected chi connectivity index (χ4v) is 6.56. The second kappa shape index (κ2) is 9.47. The number of nitrogens with one attached hydrogen (secondary N) is 1. The lowest BCUT2D eigenvalue weighted by atomic mass is 9.80. The quantitative estimate of drug-likeness (QED) is 0.633. The Morgan fingerprint density at radius 2 is 1.81 bits per heavy atom. The van der Waals surface area contributed by atoms with Gasteiger partial charge in [0.1, 0.15) is 11.5 Å². The maximum absolute atomic E-state index is 13.5. The van der Waals surface area contributed by atoms with E-state index in [1.165, 1.54) is 16.7 Å². The Labute approximate surface area is 215 Å². The summed E-state index contributed by atoms with van der Waals surface area (Å²) < 4.78 is 11.3. The molecule has 0 aliphatic carbocycles. The summed E-state index contributed by atoms with van der Waals surface area (Å²) in [6.45, 7) is 12.2. The van der Waals surface area contributed by atoms with Gasteiger partial charge in [-0.3, -0.25) is 9.80 Å². The third-order valence-electron chi connectivity index (χ3n) is 7.99. The van der Waals surface area contributed by atoms with E-state index in [1.54, 1.807) is 14.2 Å². The number of hydrogen-bond acceptors (Lipinski definition) is 4. The van der Waals surface area contributed by atoms with Crippen LogP contribution in [0.5, 0.6) is 11.5 Å². The third kappa shape index (κ3) is 4.71. The smallest absolute Gasteiger partial charge is 0.322 e. The summed E-state index contributed by atoms with van der Waals surface area (Å²) >= 11 is 0. The first-order valence-electron chi connectivity index (χ1n) is 13.0. The molecule has 2 aromatic rings. The maximum atomic E-state index is 13.5. The van der Waals surface area contributed by atoms with E-state index in [4.69, 9.17) is 9.47 Å². The first-order valence-corrected chi connectivity index (χ1v) is 13.0. The number of urea groups is 1. The second-order valence-electron chi connectivity index (χ2n) is 11.3. The average Bonchev–Trinajstić information content (AvgIpc) is 3.00. The van der Waals surface area contributed by atoms with Crippen molar-refractivity contribution < 1.29 is 14.3 Å². The number of benzene rings is 2. The molecular formula is C30H39N3O3. The number of carbonyl (C=O) groups is 1. The van der Waals surface area contributed by atoms with Gasteiger partial charge in [0.25, 0.3) is 0 Å². The van der Waals surface area contributed by atoms with E-state index in [2.05, 4.69) is 62.2 Å². The summed E-state index contributed by atoms with van der Waals surface area (Å²) in [5, 5.41) is 3.38. The van der Waals surface area contributed by atoms with E-state index in [0.717, 1.165) is 60.8 Å². The number of amides is 2. The number of hydrogen-bond donors (Lipinski definition) is 1. The van der Waals surface area contributed by atoms with Gasteiger partial charge in [-0.2, -0.15) is 0 Å². The van der Waals surface area contributed by atoms with Crippen molar-refractivity contribution in [3.05, 3.63) is 69.9 Å². The number of piperidine rings is 1. The van der Waals surface area contributed by atoms with E-state index >= 15 is 0 Å². The van der Waals surface area contributed by atoms with Crippen LogP contribution in [0.1, 0.15) is 54.5 Å². The molecule has 0 saturated carbocycles. The number of fused-ring (bicyclic) bond motifs is 3. The standard InChI is InChI=1S/C30H39N3O3/c1-19-9-20(2)11-21(10-19)16-32-8-7-26-22(17-32)12-24-15-30(3,4)28-23(18-33(24)29(34)31-26)13-25(35-5)14-27(28)36-6/h9-11,13-15,22,26H,7-8,12,16-18H2,1-6H3,(H,31,34). The number of nitrogens with zero attached hydrogens (tertiary/aromatic N) is 2. The highest BCUT2D eigenvalue weighted by molar-refractivity contribution is 5.78. The van der Waals surface area contributed by atoms with Crippen LogP contribution >= 0.6 is 0 Å². The van der Waals surface area contributed by atoms with Crippen LogP contribution in [-0.4, -0.2) is 49.2 Å². The van der Waals surface area contributed by atoms with Crippen LogP contribution in [0.25, 0.3) is 0 Å². The van der Waals surface area contributed by atoms with Crippen LogP contribution < -0.4 is 14.8 Å². The predicted molar refractivity (Wildman–Crippen MR) is 142 cm³/mol. The number of carbonyl (C=O) groups excluding carboxylic acids is 1. The van der Waals surface area contributed by atoms with Gasteiger partial charge in [0.05, 0.1) is 20.8 Å². The summed E-state index contributed by atoms with van der Waals surface area (Å²) in [7, 11) is 3.37. The molecule has 6 heteroatoms. The van der Waals surface area contributed by atoms with Gasteiger partial charge in [-0.1, -0.05) is 49.2 Å². The average molecular weight is 490 g/mol. The number of likely N-dealkylation sites (tertiary alicyclic amines) is 1. The highest BCUT2D eigenvalue weighted by Crippen LogP contribution is 2.44. The molecule has 6 nitrogen and oxygen atoms in total. The lowest BCUT2D eigenvalue weighted by Crippen LogP contribution is -2.50. The molecule has 0 aromatic heterocycles. The topological polar surface area (TPSA) is 54.0 Å². The number of methoxy groups -OCH3 is 2.